The molecule has 31 heavy (non-hydrogen) atoms. The van der Waals surface area contributed by atoms with E-state index in [9.17, 15) is 22.4 Å². The van der Waals surface area contributed by atoms with Crippen LogP contribution in [0.2, 0.25) is 0 Å². The number of hydrogen-bond acceptors (Lipinski definition) is 2. The molecule has 0 radical (unpaired) electrons. The maximum absolute atomic E-state index is 13.2. The Hall–Kier alpha value is -3.35. The van der Waals surface area contributed by atoms with Crippen molar-refractivity contribution in [3.63, 3.8) is 0 Å². The second-order valence-electron chi connectivity index (χ2n) is 7.29. The van der Waals surface area contributed by atoms with Crippen molar-refractivity contribution in [2.24, 2.45) is 5.92 Å². The van der Waals surface area contributed by atoms with Crippen molar-refractivity contribution in [2.45, 2.75) is 25.8 Å². The van der Waals surface area contributed by atoms with Gasteiger partial charge in [0, 0.05) is 23.5 Å². The average Bonchev–Trinajstić information content (AvgIpc) is 3.34. The first-order valence-corrected chi connectivity index (χ1v) is 9.55. The molecule has 1 amide bonds. The number of anilines is 1. The number of alkyl halides is 3. The highest BCUT2D eigenvalue weighted by atomic mass is 19.4. The Morgan fingerprint density at radius 1 is 1.13 bits per heavy atom. The molecule has 4 rings (SSSR count). The molecular formula is C23H18F4N2O2. The first kappa shape index (κ1) is 20.9. The number of H-pyrrole nitrogens is 1. The molecule has 4 nitrogen and oxygen atoms in total. The van der Waals surface area contributed by atoms with Crippen LogP contribution in [0.3, 0.4) is 0 Å². The van der Waals surface area contributed by atoms with Crippen LogP contribution in [0, 0.1) is 5.92 Å². The summed E-state index contributed by atoms with van der Waals surface area (Å²) in [6, 6.07) is 10.4. The third-order valence-electron chi connectivity index (χ3n) is 5.00. The highest BCUT2D eigenvalue weighted by Crippen LogP contribution is 2.30. The predicted octanol–water partition coefficient (Wildman–Crippen LogP) is 5.87. The molecule has 2 aromatic carbocycles. The molecule has 2 N–H and O–H groups in total. The van der Waals surface area contributed by atoms with E-state index in [1.165, 1.54) is 18.2 Å². The summed E-state index contributed by atoms with van der Waals surface area (Å²) in [6.07, 6.45) is -1.27. The number of amides is 1. The van der Waals surface area contributed by atoms with E-state index in [0.29, 0.717) is 11.3 Å². The second kappa shape index (κ2) is 8.41. The standard InChI is InChI=1S/C23H18F4N2O2/c24-18-7-4-16(10-18)22(30)29-21-11-28-20-8-3-15(9-19(20)21)13-31-12-14-1-5-17(6-2-14)23(25,26)27/h1-6,8-9,11,16,28H,10,12-13H2,(H,29,30)/t16-/m0/s1. The highest BCUT2D eigenvalue weighted by Gasteiger charge is 2.29. The van der Waals surface area contributed by atoms with Crippen LogP contribution in [0.4, 0.5) is 23.2 Å². The van der Waals surface area contributed by atoms with Crippen molar-refractivity contribution in [2.75, 3.05) is 5.32 Å². The molecule has 0 bridgehead atoms. The number of nitrogens with one attached hydrogen (secondary N) is 2. The van der Waals surface area contributed by atoms with Crippen LogP contribution in [-0.4, -0.2) is 10.9 Å². The van der Waals surface area contributed by atoms with Crippen LogP contribution in [0.1, 0.15) is 23.1 Å². The smallest absolute Gasteiger partial charge is 0.372 e. The van der Waals surface area contributed by atoms with Gasteiger partial charge in [0.25, 0.3) is 0 Å². The van der Waals surface area contributed by atoms with Gasteiger partial charge in [0.05, 0.1) is 30.4 Å². The van der Waals surface area contributed by atoms with Gasteiger partial charge in [0.15, 0.2) is 0 Å². The Kier molecular flexibility index (Phi) is 5.67. The number of halogens is 4. The lowest BCUT2D eigenvalue weighted by atomic mass is 10.1. The molecule has 0 saturated heterocycles. The van der Waals surface area contributed by atoms with E-state index in [2.05, 4.69) is 16.0 Å². The molecule has 0 aliphatic heterocycles. The molecule has 0 unspecified atom stereocenters. The van der Waals surface area contributed by atoms with Crippen LogP contribution in [0.5, 0.6) is 0 Å². The molecule has 1 heterocycles. The van der Waals surface area contributed by atoms with Crippen molar-refractivity contribution < 1.29 is 27.1 Å². The van der Waals surface area contributed by atoms with Crippen molar-refractivity contribution in [1.82, 2.24) is 4.98 Å². The SMILES string of the molecule is O=C(Nc1c[nH]c2ccc(COCc3ccc(C(F)(F)F)cc3)cc12)[C@H]1C=C=C(F)C1. The number of carbonyl (C=O) groups excluding carboxylic acids is 1. The maximum Gasteiger partial charge on any atom is 0.416 e. The molecule has 1 atom stereocenters. The van der Waals surface area contributed by atoms with E-state index >= 15 is 0 Å². The second-order valence-corrected chi connectivity index (χ2v) is 7.29. The van der Waals surface area contributed by atoms with E-state index in [0.717, 1.165) is 28.6 Å². The number of carbonyl (C=O) groups is 1. The fraction of sp³-hybridized carbons (Fsp3) is 0.217. The number of ether oxygens (including phenoxy) is 1. The molecule has 1 aliphatic rings. The molecule has 160 valence electrons. The van der Waals surface area contributed by atoms with Crippen LogP contribution >= 0.6 is 0 Å². The Morgan fingerprint density at radius 3 is 2.52 bits per heavy atom. The fourth-order valence-corrected chi connectivity index (χ4v) is 3.33. The first-order chi connectivity index (χ1) is 14.8. The summed E-state index contributed by atoms with van der Waals surface area (Å²) in [5.74, 6) is -1.34. The topological polar surface area (TPSA) is 54.1 Å². The molecule has 8 heteroatoms. The van der Waals surface area contributed by atoms with E-state index in [1.807, 2.05) is 18.2 Å². The molecular weight excluding hydrogens is 412 g/mol. The van der Waals surface area contributed by atoms with Gasteiger partial charge in [-0.05, 0) is 41.5 Å². The van der Waals surface area contributed by atoms with Gasteiger partial charge in [0.1, 0.15) is 5.83 Å². The third-order valence-corrected chi connectivity index (χ3v) is 5.00. The Balaban J connectivity index is 1.38. The van der Waals surface area contributed by atoms with E-state index < -0.39 is 23.5 Å². The zero-order valence-corrected chi connectivity index (χ0v) is 16.2. The fourth-order valence-electron chi connectivity index (χ4n) is 3.33. The summed E-state index contributed by atoms with van der Waals surface area (Å²) in [5, 5.41) is 3.58. The van der Waals surface area contributed by atoms with Crippen LogP contribution < -0.4 is 5.32 Å². The summed E-state index contributed by atoms with van der Waals surface area (Å²) < 4.78 is 56.7. The summed E-state index contributed by atoms with van der Waals surface area (Å²) in [4.78, 5) is 15.4. The molecule has 0 fully saturated rings. The van der Waals surface area contributed by atoms with Gasteiger partial charge in [0.2, 0.25) is 5.91 Å². The van der Waals surface area contributed by atoms with E-state index in [4.69, 9.17) is 4.74 Å². The summed E-state index contributed by atoms with van der Waals surface area (Å²) in [7, 11) is 0. The van der Waals surface area contributed by atoms with Gasteiger partial charge in [-0.3, -0.25) is 4.79 Å². The van der Waals surface area contributed by atoms with Crippen LogP contribution in [0.25, 0.3) is 10.9 Å². The number of aromatic amines is 1. The molecule has 3 aromatic rings. The molecule has 0 spiro atoms. The summed E-state index contributed by atoms with van der Waals surface area (Å²) in [5.41, 5.74) is 4.57. The average molecular weight is 430 g/mol. The Morgan fingerprint density at radius 2 is 1.84 bits per heavy atom. The monoisotopic (exact) mass is 430 g/mol. The van der Waals surface area contributed by atoms with E-state index in [-0.39, 0.29) is 25.5 Å². The molecule has 0 saturated carbocycles. The Bertz CT molecular complexity index is 1170. The van der Waals surface area contributed by atoms with Crippen LogP contribution in [-0.2, 0) is 28.9 Å². The lowest BCUT2D eigenvalue weighted by Crippen LogP contribution is -2.19. The van der Waals surface area contributed by atoms with Crippen molar-refractivity contribution >= 4 is 22.5 Å². The molecule has 1 aliphatic carbocycles. The van der Waals surface area contributed by atoms with Crippen LogP contribution in [0.15, 0.2) is 66.3 Å². The van der Waals surface area contributed by atoms with E-state index in [1.54, 1.807) is 6.20 Å². The normalized spacial score (nSPS) is 16.0. The minimum absolute atomic E-state index is 0.0111. The van der Waals surface area contributed by atoms with Gasteiger partial charge >= 0.3 is 6.18 Å². The van der Waals surface area contributed by atoms with Crippen molar-refractivity contribution in [1.29, 1.82) is 0 Å². The number of fused-ring (bicyclic) bond motifs is 1. The van der Waals surface area contributed by atoms with Crippen molar-refractivity contribution in [3.05, 3.63) is 83.0 Å². The predicted molar refractivity (Wildman–Crippen MR) is 108 cm³/mol. The summed E-state index contributed by atoms with van der Waals surface area (Å²) in [6.45, 7) is 0.412. The number of aromatic nitrogens is 1. The number of benzene rings is 2. The highest BCUT2D eigenvalue weighted by molar-refractivity contribution is 6.03. The lowest BCUT2D eigenvalue weighted by Gasteiger charge is -2.10. The van der Waals surface area contributed by atoms with Gasteiger partial charge in [-0.15, -0.1) is 0 Å². The Labute approximate surface area is 175 Å². The minimum Gasteiger partial charge on any atom is -0.372 e. The zero-order chi connectivity index (χ0) is 22.0. The number of rotatable bonds is 6. The van der Waals surface area contributed by atoms with Gasteiger partial charge in [-0.2, -0.15) is 13.2 Å². The van der Waals surface area contributed by atoms with Crippen molar-refractivity contribution in [3.8, 4) is 0 Å². The third kappa shape index (κ3) is 4.87. The maximum atomic E-state index is 13.2. The largest absolute Gasteiger partial charge is 0.416 e. The number of hydrogen-bond donors (Lipinski definition) is 2. The lowest BCUT2D eigenvalue weighted by molar-refractivity contribution is -0.137. The zero-order valence-electron chi connectivity index (χ0n) is 16.2. The van der Waals surface area contributed by atoms with Gasteiger partial charge < -0.3 is 15.0 Å². The quantitative estimate of drug-likeness (QED) is 0.380. The van der Waals surface area contributed by atoms with Gasteiger partial charge in [-0.25, -0.2) is 4.39 Å². The summed E-state index contributed by atoms with van der Waals surface area (Å²) >= 11 is 0. The first-order valence-electron chi connectivity index (χ1n) is 9.55. The minimum atomic E-state index is -4.36. The van der Waals surface area contributed by atoms with Gasteiger partial charge in [-0.1, -0.05) is 23.9 Å². The molecule has 1 aromatic heterocycles.